The largest absolute Gasteiger partial charge is 0.324 e. The number of hydrogen-bond donors (Lipinski definition) is 2. The summed E-state index contributed by atoms with van der Waals surface area (Å²) in [6.07, 6.45) is 13.0. The first-order valence-electron chi connectivity index (χ1n) is 12.1. The van der Waals surface area contributed by atoms with E-state index in [9.17, 15) is 8.42 Å². The zero-order valence-electron chi connectivity index (χ0n) is 20.3. The van der Waals surface area contributed by atoms with Crippen molar-refractivity contribution in [2.75, 3.05) is 11.6 Å². The molecule has 2 aromatic carbocycles. The highest BCUT2D eigenvalue weighted by atomic mass is 32.2. The molecule has 0 heterocycles. The highest BCUT2D eigenvalue weighted by molar-refractivity contribution is 7.85. The number of nitrogens with one attached hydrogen (secondary N) is 2. The Morgan fingerprint density at radius 3 is 1.79 bits per heavy atom. The van der Waals surface area contributed by atoms with Crippen molar-refractivity contribution in [2.45, 2.75) is 78.1 Å². The molecule has 0 amide bonds. The third-order valence-corrected chi connectivity index (χ3v) is 5.71. The van der Waals surface area contributed by atoms with E-state index in [0.29, 0.717) is 5.69 Å². The molecule has 0 aliphatic heterocycles. The van der Waals surface area contributed by atoms with E-state index in [4.69, 9.17) is 4.28 Å². The monoisotopic (exact) mass is 473 g/mol. The maximum Gasteiger partial charge on any atom is 0.285 e. The second kappa shape index (κ2) is 14.7. The molecule has 0 unspecified atom stereocenters. The van der Waals surface area contributed by atoms with Gasteiger partial charge in [-0.3, -0.25) is 0 Å². The molecule has 0 bridgehead atoms. The summed E-state index contributed by atoms with van der Waals surface area (Å²) in [6, 6.07) is 16.1. The summed E-state index contributed by atoms with van der Waals surface area (Å²) in [5.74, 6) is 0.201. The van der Waals surface area contributed by atoms with Crippen molar-refractivity contribution < 1.29 is 12.7 Å². The van der Waals surface area contributed by atoms with Gasteiger partial charge in [0.05, 0.1) is 11.9 Å². The lowest BCUT2D eigenvalue weighted by Crippen LogP contribution is -2.32. The van der Waals surface area contributed by atoms with Crippen molar-refractivity contribution in [3.8, 4) is 0 Å². The molecule has 0 spiro atoms. The molecular weight excluding hydrogens is 434 g/mol. The lowest BCUT2D eigenvalue weighted by molar-refractivity contribution is 0.271. The van der Waals surface area contributed by atoms with Crippen LogP contribution in [0, 0.1) is 0 Å². The van der Waals surface area contributed by atoms with Gasteiger partial charge in [-0.05, 0) is 61.1 Å². The van der Waals surface area contributed by atoms with Crippen molar-refractivity contribution in [2.24, 2.45) is 4.99 Å². The average Bonchev–Trinajstić information content (AvgIpc) is 2.79. The summed E-state index contributed by atoms with van der Waals surface area (Å²) in [6.45, 7) is 4.42. The Bertz CT molecular complexity index is 940. The standard InChI is InChI=1S/C26H39N3O3S/c1-4-6-8-10-12-22-14-18-24(19-15-22)27-26(29-32-33(3,30)31)28-25-20-16-23(17-21-25)13-11-9-7-5-2/h14-21H,4-13H2,1-3H3,(H2,27,28,29). The molecular formula is C26H39N3O3S. The van der Waals surface area contributed by atoms with Gasteiger partial charge in [-0.15, -0.1) is 4.28 Å². The zero-order valence-corrected chi connectivity index (χ0v) is 21.1. The Morgan fingerprint density at radius 1 is 0.788 bits per heavy atom. The molecule has 6 nitrogen and oxygen atoms in total. The predicted octanol–water partition coefficient (Wildman–Crippen LogP) is 6.51. The minimum Gasteiger partial charge on any atom is -0.324 e. The second-order valence-corrected chi connectivity index (χ2v) is 10.0. The molecule has 2 aromatic rings. The van der Waals surface area contributed by atoms with Crippen molar-refractivity contribution in [1.29, 1.82) is 0 Å². The number of hydrogen-bond acceptors (Lipinski definition) is 4. The van der Waals surface area contributed by atoms with Gasteiger partial charge in [-0.25, -0.2) is 10.5 Å². The van der Waals surface area contributed by atoms with Crippen LogP contribution in [0.25, 0.3) is 0 Å². The summed E-state index contributed by atoms with van der Waals surface area (Å²) in [4.78, 5) is 4.51. The summed E-state index contributed by atoms with van der Waals surface area (Å²) < 4.78 is 27.7. The molecule has 2 rings (SSSR count). The average molecular weight is 474 g/mol. The van der Waals surface area contributed by atoms with Crippen LogP contribution in [-0.4, -0.2) is 20.6 Å². The molecule has 0 atom stereocenters. The lowest BCUT2D eigenvalue weighted by Gasteiger charge is -2.12. The van der Waals surface area contributed by atoms with E-state index in [-0.39, 0.29) is 5.96 Å². The number of rotatable bonds is 14. The van der Waals surface area contributed by atoms with Crippen molar-refractivity contribution in [3.63, 3.8) is 0 Å². The van der Waals surface area contributed by atoms with Gasteiger partial charge < -0.3 is 5.32 Å². The van der Waals surface area contributed by atoms with Crippen molar-refractivity contribution in [1.82, 2.24) is 5.48 Å². The Kier molecular flexibility index (Phi) is 12.0. The molecule has 0 aliphatic rings. The smallest absolute Gasteiger partial charge is 0.285 e. The van der Waals surface area contributed by atoms with Gasteiger partial charge in [-0.2, -0.15) is 8.42 Å². The van der Waals surface area contributed by atoms with Crippen LogP contribution in [0.5, 0.6) is 0 Å². The van der Waals surface area contributed by atoms with E-state index in [0.717, 1.165) is 24.8 Å². The molecule has 0 aliphatic carbocycles. The number of hydroxylamine groups is 1. The minimum atomic E-state index is -3.68. The third-order valence-electron chi connectivity index (χ3n) is 5.32. The van der Waals surface area contributed by atoms with Gasteiger partial charge in [0.2, 0.25) is 5.96 Å². The maximum atomic E-state index is 11.5. The SMILES string of the molecule is CCCCCCc1ccc(N=C(NOS(C)(=O)=O)Nc2ccc(CCCCCC)cc2)cc1. The molecule has 0 aromatic heterocycles. The number of unbranched alkanes of at least 4 members (excludes halogenated alkanes) is 6. The Morgan fingerprint density at radius 2 is 1.30 bits per heavy atom. The normalized spacial score (nSPS) is 12.0. The first-order chi connectivity index (χ1) is 15.9. The molecule has 33 heavy (non-hydrogen) atoms. The number of aryl methyl sites for hydroxylation is 2. The molecule has 0 saturated heterocycles. The maximum absolute atomic E-state index is 11.5. The number of nitrogens with zero attached hydrogens (tertiary/aromatic N) is 1. The predicted molar refractivity (Wildman–Crippen MR) is 138 cm³/mol. The Labute approximate surface area is 199 Å². The van der Waals surface area contributed by atoms with E-state index >= 15 is 0 Å². The fourth-order valence-electron chi connectivity index (χ4n) is 3.46. The van der Waals surface area contributed by atoms with Crippen LogP contribution < -0.4 is 10.8 Å². The zero-order chi connectivity index (χ0) is 23.9. The number of guanidine groups is 1. The number of aliphatic imine (C=N–C) groups is 1. The first kappa shape index (κ1) is 26.9. The van der Waals surface area contributed by atoms with E-state index in [1.54, 1.807) is 0 Å². The van der Waals surface area contributed by atoms with Crippen LogP contribution in [-0.2, 0) is 27.2 Å². The van der Waals surface area contributed by atoms with Crippen LogP contribution >= 0.6 is 0 Å². The molecule has 2 N–H and O–H groups in total. The summed E-state index contributed by atoms with van der Waals surface area (Å²) in [5, 5.41) is 3.12. The number of benzene rings is 2. The first-order valence-corrected chi connectivity index (χ1v) is 13.9. The number of anilines is 1. The molecule has 7 heteroatoms. The quantitative estimate of drug-likeness (QED) is 0.141. The topological polar surface area (TPSA) is 79.8 Å². The second-order valence-electron chi connectivity index (χ2n) is 8.46. The Balaban J connectivity index is 2.03. The van der Waals surface area contributed by atoms with E-state index in [1.165, 1.54) is 62.5 Å². The lowest BCUT2D eigenvalue weighted by atomic mass is 10.1. The van der Waals surface area contributed by atoms with Gasteiger partial charge in [0, 0.05) is 5.69 Å². The van der Waals surface area contributed by atoms with Gasteiger partial charge in [0.25, 0.3) is 10.1 Å². The summed E-state index contributed by atoms with van der Waals surface area (Å²) in [7, 11) is -3.68. The van der Waals surface area contributed by atoms with Gasteiger partial charge in [-0.1, -0.05) is 76.6 Å². The highest BCUT2D eigenvalue weighted by Gasteiger charge is 2.07. The van der Waals surface area contributed by atoms with Crippen LogP contribution in [0.2, 0.25) is 0 Å². The van der Waals surface area contributed by atoms with Crippen molar-refractivity contribution in [3.05, 3.63) is 59.7 Å². The molecule has 182 valence electrons. The fourth-order valence-corrected chi connectivity index (χ4v) is 3.69. The molecule has 0 saturated carbocycles. The van der Waals surface area contributed by atoms with Crippen LogP contribution in [0.4, 0.5) is 11.4 Å². The fraction of sp³-hybridized carbons (Fsp3) is 0.500. The summed E-state index contributed by atoms with van der Waals surface area (Å²) in [5.41, 5.74) is 6.48. The third kappa shape index (κ3) is 11.9. The van der Waals surface area contributed by atoms with E-state index in [1.807, 2.05) is 24.3 Å². The minimum absolute atomic E-state index is 0.201. The Hall–Kier alpha value is -2.38. The van der Waals surface area contributed by atoms with Crippen LogP contribution in [0.3, 0.4) is 0 Å². The van der Waals surface area contributed by atoms with Gasteiger partial charge in [0.15, 0.2) is 0 Å². The van der Waals surface area contributed by atoms with E-state index < -0.39 is 10.1 Å². The highest BCUT2D eigenvalue weighted by Crippen LogP contribution is 2.17. The van der Waals surface area contributed by atoms with Crippen LogP contribution in [0.1, 0.15) is 76.3 Å². The van der Waals surface area contributed by atoms with E-state index in [2.05, 4.69) is 53.9 Å². The van der Waals surface area contributed by atoms with Gasteiger partial charge in [0.1, 0.15) is 0 Å². The van der Waals surface area contributed by atoms with Gasteiger partial charge >= 0.3 is 0 Å². The van der Waals surface area contributed by atoms with Crippen molar-refractivity contribution >= 4 is 27.5 Å². The summed E-state index contributed by atoms with van der Waals surface area (Å²) >= 11 is 0. The van der Waals surface area contributed by atoms with Crippen LogP contribution in [0.15, 0.2) is 53.5 Å². The molecule has 0 radical (unpaired) electrons. The molecule has 0 fully saturated rings.